The number of alkyl halides is 2. The van der Waals surface area contributed by atoms with Crippen molar-refractivity contribution in [1.82, 2.24) is 10.2 Å². The maximum absolute atomic E-state index is 11.7. The third-order valence-electron chi connectivity index (χ3n) is 2.30. The highest BCUT2D eigenvalue weighted by molar-refractivity contribution is 4.56. The third-order valence-corrected chi connectivity index (χ3v) is 2.30. The number of likely N-dealkylation sites (N-methyl/N-ethyl adjacent to an activating group) is 1. The molecule has 0 aliphatic heterocycles. The van der Waals surface area contributed by atoms with Gasteiger partial charge in [0.2, 0.25) is 0 Å². The molecule has 0 bridgehead atoms. The van der Waals surface area contributed by atoms with Crippen molar-refractivity contribution in [2.45, 2.75) is 26.7 Å². The largest absolute Gasteiger partial charge is 0.375 e. The van der Waals surface area contributed by atoms with Gasteiger partial charge in [0.15, 0.2) is 0 Å². The summed E-state index contributed by atoms with van der Waals surface area (Å²) >= 11 is 0. The summed E-state index contributed by atoms with van der Waals surface area (Å²) in [5.41, 5.74) is 0. The van der Waals surface area contributed by atoms with Crippen LogP contribution in [0.4, 0.5) is 8.78 Å². The quantitative estimate of drug-likeness (QED) is 0.568. The maximum Gasteiger partial charge on any atom is 0.261 e. The summed E-state index contributed by atoms with van der Waals surface area (Å²) in [4.78, 5) is 2.18. The van der Waals surface area contributed by atoms with Crippen LogP contribution in [0.3, 0.4) is 0 Å². The first-order valence-electron chi connectivity index (χ1n) is 6.27. The summed E-state index contributed by atoms with van der Waals surface area (Å²) in [6, 6.07) is 0. The predicted octanol–water partition coefficient (Wildman–Crippen LogP) is 1.84. The fraction of sp³-hybridized carbons (Fsp3) is 1.00. The van der Waals surface area contributed by atoms with Crippen molar-refractivity contribution in [3.8, 4) is 0 Å². The molecule has 0 amide bonds. The van der Waals surface area contributed by atoms with Crippen LogP contribution in [0.1, 0.15) is 20.3 Å². The molecule has 0 atom stereocenters. The summed E-state index contributed by atoms with van der Waals surface area (Å²) in [7, 11) is 2.03. The van der Waals surface area contributed by atoms with Crippen molar-refractivity contribution < 1.29 is 13.5 Å². The van der Waals surface area contributed by atoms with Crippen LogP contribution >= 0.6 is 0 Å². The third kappa shape index (κ3) is 13.7. The monoisotopic (exact) mass is 252 g/mol. The molecule has 0 fully saturated rings. The Morgan fingerprint density at radius 3 is 2.53 bits per heavy atom. The van der Waals surface area contributed by atoms with Gasteiger partial charge in [-0.15, -0.1) is 0 Å². The summed E-state index contributed by atoms with van der Waals surface area (Å²) in [5, 5.41) is 3.36. The molecule has 0 aromatic heterocycles. The molecule has 0 saturated heterocycles. The Labute approximate surface area is 104 Å². The minimum Gasteiger partial charge on any atom is -0.375 e. The Morgan fingerprint density at radius 1 is 1.24 bits per heavy atom. The highest BCUT2D eigenvalue weighted by Gasteiger charge is 2.02. The lowest BCUT2D eigenvalue weighted by molar-refractivity contribution is 0.0150. The van der Waals surface area contributed by atoms with Crippen molar-refractivity contribution >= 4 is 0 Å². The van der Waals surface area contributed by atoms with E-state index >= 15 is 0 Å². The minimum atomic E-state index is -2.35. The summed E-state index contributed by atoms with van der Waals surface area (Å²) < 4.78 is 28.3. The standard InChI is InChI=1S/C12H26F2N2O/c1-11(2)9-15-5-7-16(3)6-4-8-17-10-12(13)14/h11-12,15H,4-10H2,1-3H3. The molecule has 0 spiro atoms. The van der Waals surface area contributed by atoms with Crippen LogP contribution in [0.25, 0.3) is 0 Å². The Kier molecular flexibility index (Phi) is 10.7. The van der Waals surface area contributed by atoms with E-state index in [0.29, 0.717) is 12.5 Å². The zero-order valence-corrected chi connectivity index (χ0v) is 11.2. The number of nitrogens with zero attached hydrogens (tertiary/aromatic N) is 1. The zero-order chi connectivity index (χ0) is 13.1. The van der Waals surface area contributed by atoms with E-state index in [4.69, 9.17) is 4.74 Å². The van der Waals surface area contributed by atoms with Gasteiger partial charge >= 0.3 is 0 Å². The molecule has 104 valence electrons. The molecular formula is C12H26F2N2O. The predicted molar refractivity (Wildman–Crippen MR) is 66.6 cm³/mol. The Morgan fingerprint density at radius 2 is 1.94 bits per heavy atom. The summed E-state index contributed by atoms with van der Waals surface area (Å²) in [6.45, 7) is 8.17. The second-order valence-corrected chi connectivity index (χ2v) is 4.72. The topological polar surface area (TPSA) is 24.5 Å². The molecule has 0 aromatic carbocycles. The fourth-order valence-electron chi connectivity index (χ4n) is 1.38. The zero-order valence-electron chi connectivity index (χ0n) is 11.2. The number of nitrogens with one attached hydrogen (secondary N) is 1. The fourth-order valence-corrected chi connectivity index (χ4v) is 1.38. The lowest BCUT2D eigenvalue weighted by Gasteiger charge is -2.17. The van der Waals surface area contributed by atoms with E-state index in [-0.39, 0.29) is 0 Å². The van der Waals surface area contributed by atoms with Gasteiger partial charge < -0.3 is 15.0 Å². The first-order chi connectivity index (χ1) is 8.02. The van der Waals surface area contributed by atoms with Gasteiger partial charge in [0.25, 0.3) is 6.43 Å². The lowest BCUT2D eigenvalue weighted by Crippen LogP contribution is -2.32. The van der Waals surface area contributed by atoms with E-state index in [2.05, 4.69) is 24.1 Å². The van der Waals surface area contributed by atoms with E-state index in [1.54, 1.807) is 0 Å². The van der Waals surface area contributed by atoms with Crippen LogP contribution in [-0.4, -0.2) is 57.8 Å². The van der Waals surface area contributed by atoms with Gasteiger partial charge in [-0.2, -0.15) is 0 Å². The molecule has 0 aliphatic rings. The Balaban J connectivity index is 3.20. The van der Waals surface area contributed by atoms with Crippen LogP contribution in [0.2, 0.25) is 0 Å². The van der Waals surface area contributed by atoms with E-state index in [0.717, 1.165) is 32.6 Å². The average molecular weight is 252 g/mol. The number of ether oxygens (including phenoxy) is 1. The van der Waals surface area contributed by atoms with E-state index < -0.39 is 13.0 Å². The molecule has 1 N–H and O–H groups in total. The number of hydrogen-bond acceptors (Lipinski definition) is 3. The summed E-state index contributed by atoms with van der Waals surface area (Å²) in [6.07, 6.45) is -1.55. The minimum absolute atomic E-state index is 0.411. The molecule has 0 unspecified atom stereocenters. The number of halogens is 2. The number of hydrogen-bond donors (Lipinski definition) is 1. The molecule has 5 heteroatoms. The van der Waals surface area contributed by atoms with Gasteiger partial charge in [0, 0.05) is 26.2 Å². The van der Waals surface area contributed by atoms with Crippen LogP contribution < -0.4 is 5.32 Å². The van der Waals surface area contributed by atoms with Crippen LogP contribution in [0, 0.1) is 5.92 Å². The highest BCUT2D eigenvalue weighted by Crippen LogP contribution is 1.94. The second kappa shape index (κ2) is 10.9. The van der Waals surface area contributed by atoms with Crippen molar-refractivity contribution in [3.05, 3.63) is 0 Å². The first-order valence-corrected chi connectivity index (χ1v) is 6.27. The van der Waals surface area contributed by atoms with Crippen molar-refractivity contribution in [2.75, 3.05) is 46.4 Å². The lowest BCUT2D eigenvalue weighted by atomic mass is 10.2. The van der Waals surface area contributed by atoms with Crippen LogP contribution in [0.15, 0.2) is 0 Å². The Hall–Kier alpha value is -0.260. The molecule has 0 heterocycles. The molecule has 0 saturated carbocycles. The van der Waals surface area contributed by atoms with E-state index in [9.17, 15) is 8.78 Å². The summed E-state index contributed by atoms with van der Waals surface area (Å²) in [5.74, 6) is 0.669. The van der Waals surface area contributed by atoms with Crippen LogP contribution in [-0.2, 0) is 4.74 Å². The smallest absolute Gasteiger partial charge is 0.261 e. The SMILES string of the molecule is CC(C)CNCCN(C)CCCOCC(F)F. The molecule has 0 aliphatic carbocycles. The highest BCUT2D eigenvalue weighted by atomic mass is 19.3. The molecular weight excluding hydrogens is 226 g/mol. The van der Waals surface area contributed by atoms with E-state index in [1.807, 2.05) is 7.05 Å². The van der Waals surface area contributed by atoms with Gasteiger partial charge in [-0.1, -0.05) is 13.8 Å². The van der Waals surface area contributed by atoms with Crippen molar-refractivity contribution in [2.24, 2.45) is 5.92 Å². The van der Waals surface area contributed by atoms with Crippen LogP contribution in [0.5, 0.6) is 0 Å². The van der Waals surface area contributed by atoms with E-state index in [1.165, 1.54) is 0 Å². The average Bonchev–Trinajstić information content (AvgIpc) is 2.23. The van der Waals surface area contributed by atoms with Gasteiger partial charge in [-0.3, -0.25) is 0 Å². The van der Waals surface area contributed by atoms with Gasteiger partial charge in [0.1, 0.15) is 6.61 Å². The maximum atomic E-state index is 11.7. The van der Waals surface area contributed by atoms with Crippen molar-refractivity contribution in [3.63, 3.8) is 0 Å². The normalized spacial score (nSPS) is 12.0. The molecule has 0 radical (unpaired) electrons. The van der Waals surface area contributed by atoms with Gasteiger partial charge in [-0.25, -0.2) is 8.78 Å². The second-order valence-electron chi connectivity index (χ2n) is 4.72. The number of rotatable bonds is 11. The molecule has 0 rings (SSSR count). The molecule has 17 heavy (non-hydrogen) atoms. The molecule has 3 nitrogen and oxygen atoms in total. The Bertz CT molecular complexity index is 169. The first kappa shape index (κ1) is 16.7. The molecule has 0 aromatic rings. The van der Waals surface area contributed by atoms with Gasteiger partial charge in [-0.05, 0) is 25.9 Å². The van der Waals surface area contributed by atoms with Crippen molar-refractivity contribution in [1.29, 1.82) is 0 Å². The van der Waals surface area contributed by atoms with Gasteiger partial charge in [0.05, 0.1) is 0 Å².